The van der Waals surface area contributed by atoms with Crippen LogP contribution in [0.1, 0.15) is 0 Å². The van der Waals surface area contributed by atoms with E-state index in [4.69, 9.17) is 0 Å². The van der Waals surface area contributed by atoms with E-state index in [2.05, 4.69) is 4.99 Å². The van der Waals surface area contributed by atoms with Crippen molar-refractivity contribution in [2.24, 2.45) is 4.99 Å². The number of ketones is 1. The van der Waals surface area contributed by atoms with Crippen LogP contribution < -0.4 is 0 Å². The average molecular weight is 118 g/mol. The van der Waals surface area contributed by atoms with Crippen LogP contribution in [0.3, 0.4) is 0 Å². The number of carbonyl (C=O) groups is 1. The van der Waals surface area contributed by atoms with Crippen LogP contribution in [0.25, 0.3) is 0 Å². The smallest absolute Gasteiger partial charge is 0.198 e. The number of carbonyl (C=O) groups excluding carboxylic acids is 1. The van der Waals surface area contributed by atoms with Crippen molar-refractivity contribution in [1.29, 1.82) is 0 Å². The summed E-state index contributed by atoms with van der Waals surface area (Å²) in [5.41, 5.74) is 0. The van der Waals surface area contributed by atoms with Crippen molar-refractivity contribution < 1.29 is 4.79 Å². The molecule has 1 rings (SSSR count). The molecule has 0 saturated heterocycles. The van der Waals surface area contributed by atoms with Crippen molar-refractivity contribution in [1.82, 2.24) is 0 Å². The van der Waals surface area contributed by atoms with Gasteiger partial charge < -0.3 is 0 Å². The van der Waals surface area contributed by atoms with Gasteiger partial charge >= 0.3 is 0 Å². The number of halogens is 1. The summed E-state index contributed by atoms with van der Waals surface area (Å²) in [5, 5.41) is 0. The third-order valence-corrected chi connectivity index (χ3v) is 0.527. The molecule has 0 aliphatic carbocycles. The van der Waals surface area contributed by atoms with Crippen LogP contribution in [0.2, 0.25) is 0 Å². The Kier molecular flexibility index (Phi) is 2.30. The second kappa shape index (κ2) is 2.53. The van der Waals surface area contributed by atoms with Gasteiger partial charge in [-0.25, -0.2) is 0 Å². The van der Waals surface area contributed by atoms with Gasteiger partial charge in [0.05, 0.1) is 6.21 Å². The van der Waals surface area contributed by atoms with Crippen molar-refractivity contribution >= 4 is 24.4 Å². The highest BCUT2D eigenvalue weighted by atomic mass is 35.5. The first kappa shape index (κ1) is 6.37. The molecule has 0 fully saturated rings. The zero-order chi connectivity index (χ0) is 4.41. The molecule has 2 nitrogen and oxygen atoms in total. The normalized spacial score (nSPS) is 14.6. The van der Waals surface area contributed by atoms with Crippen molar-refractivity contribution in [3.8, 4) is 0 Å². The summed E-state index contributed by atoms with van der Waals surface area (Å²) in [6, 6.07) is 0. The van der Waals surface area contributed by atoms with Gasteiger partial charge in [0.25, 0.3) is 0 Å². The lowest BCUT2D eigenvalue weighted by Crippen LogP contribution is -1.84. The zero-order valence-electron chi connectivity index (χ0n) is 3.50. The highest BCUT2D eigenvalue weighted by Crippen LogP contribution is 1.82. The van der Waals surface area contributed by atoms with E-state index in [1.54, 1.807) is 0 Å². The van der Waals surface area contributed by atoms with Crippen LogP contribution in [0.5, 0.6) is 0 Å². The third-order valence-electron chi connectivity index (χ3n) is 0.527. The molecule has 0 aromatic heterocycles. The van der Waals surface area contributed by atoms with Crippen molar-refractivity contribution in [3.63, 3.8) is 0 Å². The van der Waals surface area contributed by atoms with Gasteiger partial charge in [-0.3, -0.25) is 9.79 Å². The number of nitrogens with zero attached hydrogens (tertiary/aromatic N) is 1. The van der Waals surface area contributed by atoms with E-state index < -0.39 is 0 Å². The van der Waals surface area contributed by atoms with Crippen molar-refractivity contribution in [3.05, 3.63) is 12.3 Å². The molecule has 1 aliphatic heterocycles. The fourth-order valence-electron chi connectivity index (χ4n) is 0.276. The minimum absolute atomic E-state index is 0. The summed E-state index contributed by atoms with van der Waals surface area (Å²) in [5.74, 6) is -0.0185. The van der Waals surface area contributed by atoms with Crippen LogP contribution in [-0.4, -0.2) is 12.0 Å². The minimum atomic E-state index is -0.0185. The van der Waals surface area contributed by atoms with E-state index in [0.717, 1.165) is 0 Å². The van der Waals surface area contributed by atoms with E-state index in [9.17, 15) is 4.79 Å². The topological polar surface area (TPSA) is 29.4 Å². The van der Waals surface area contributed by atoms with Crippen molar-refractivity contribution in [2.45, 2.75) is 0 Å². The highest BCUT2D eigenvalue weighted by molar-refractivity contribution is 6.34. The molecule has 1 aliphatic rings. The molecular weight excluding hydrogens is 114 g/mol. The molecule has 7 heavy (non-hydrogen) atoms. The summed E-state index contributed by atoms with van der Waals surface area (Å²) < 4.78 is 0. The van der Waals surface area contributed by atoms with Crippen molar-refractivity contribution in [2.75, 3.05) is 0 Å². The lowest BCUT2D eigenvalue weighted by molar-refractivity contribution is -0.108. The van der Waals surface area contributed by atoms with Gasteiger partial charge in [0.2, 0.25) is 0 Å². The minimum Gasteiger partial charge on any atom is -0.288 e. The van der Waals surface area contributed by atoms with E-state index in [1.165, 1.54) is 18.5 Å². The Bertz CT molecular complexity index is 114. The Balaban J connectivity index is 0.000000360. The summed E-state index contributed by atoms with van der Waals surface area (Å²) in [4.78, 5) is 13.5. The lowest BCUT2D eigenvalue weighted by Gasteiger charge is -1.59. The first-order chi connectivity index (χ1) is 2.89. The second-order valence-corrected chi connectivity index (χ2v) is 0.996. The Labute approximate surface area is 47.3 Å². The predicted molar refractivity (Wildman–Crippen MR) is 29.9 cm³/mol. The number of rotatable bonds is 0. The molecule has 0 saturated carbocycles. The molecule has 0 aromatic rings. The van der Waals surface area contributed by atoms with E-state index in [-0.39, 0.29) is 18.2 Å². The molecule has 0 unspecified atom stereocenters. The number of aliphatic imine (C=N–C) groups is 1. The predicted octanol–water partition coefficient (Wildman–Crippen LogP) is 0.575. The molecule has 0 bridgehead atoms. The van der Waals surface area contributed by atoms with Crippen LogP contribution in [-0.2, 0) is 4.79 Å². The van der Waals surface area contributed by atoms with Gasteiger partial charge in [-0.15, -0.1) is 12.4 Å². The first-order valence-corrected chi connectivity index (χ1v) is 1.63. The van der Waals surface area contributed by atoms with Crippen LogP contribution in [0.4, 0.5) is 0 Å². The zero-order valence-corrected chi connectivity index (χ0v) is 4.31. The maximum Gasteiger partial charge on any atom is 0.198 e. The van der Waals surface area contributed by atoms with E-state index in [1.807, 2.05) is 0 Å². The van der Waals surface area contributed by atoms with Gasteiger partial charge in [-0.2, -0.15) is 0 Å². The summed E-state index contributed by atoms with van der Waals surface area (Å²) in [6.45, 7) is 0. The van der Waals surface area contributed by atoms with Gasteiger partial charge in [-0.05, 0) is 0 Å². The first-order valence-electron chi connectivity index (χ1n) is 1.63. The van der Waals surface area contributed by atoms with Crippen LogP contribution in [0.15, 0.2) is 17.3 Å². The molecule has 38 valence electrons. The third kappa shape index (κ3) is 1.50. The molecular formula is C4H4ClNO. The molecule has 0 spiro atoms. The van der Waals surface area contributed by atoms with Gasteiger partial charge in [0, 0.05) is 12.3 Å². The van der Waals surface area contributed by atoms with Gasteiger partial charge in [0.1, 0.15) is 0 Å². The monoisotopic (exact) mass is 117 g/mol. The molecule has 0 atom stereocenters. The standard InChI is InChI=1S/C4H3NO.ClH/c6-4-1-2-5-3-4;/h1-3H;1H. The highest BCUT2D eigenvalue weighted by Gasteiger charge is 1.90. The fourth-order valence-corrected chi connectivity index (χ4v) is 0.276. The Hall–Kier alpha value is -0.630. The maximum atomic E-state index is 10.0. The summed E-state index contributed by atoms with van der Waals surface area (Å²) in [6.07, 6.45) is 4.17. The van der Waals surface area contributed by atoms with Crippen LogP contribution in [0, 0.1) is 0 Å². The molecule has 0 amide bonds. The van der Waals surface area contributed by atoms with Gasteiger partial charge in [-0.1, -0.05) is 0 Å². The Morgan fingerprint density at radius 1 is 1.57 bits per heavy atom. The summed E-state index contributed by atoms with van der Waals surface area (Å²) >= 11 is 0. The molecule has 0 aromatic carbocycles. The number of hydrogen-bond acceptors (Lipinski definition) is 2. The van der Waals surface area contributed by atoms with Gasteiger partial charge in [0.15, 0.2) is 5.78 Å². The largest absolute Gasteiger partial charge is 0.288 e. The average Bonchev–Trinajstić information content (AvgIpc) is 1.86. The number of hydrogen-bond donors (Lipinski definition) is 0. The van der Waals surface area contributed by atoms with E-state index >= 15 is 0 Å². The molecule has 3 heteroatoms. The maximum absolute atomic E-state index is 10.0. The Morgan fingerprint density at radius 3 is 2.43 bits per heavy atom. The second-order valence-electron chi connectivity index (χ2n) is 0.996. The fraction of sp³-hybridized carbons (Fsp3) is 0. The molecule has 0 radical (unpaired) electrons. The van der Waals surface area contributed by atoms with Crippen LogP contribution >= 0.6 is 12.4 Å². The summed E-state index contributed by atoms with van der Waals surface area (Å²) in [7, 11) is 0. The molecule has 0 N–H and O–H groups in total. The van der Waals surface area contributed by atoms with E-state index in [0.29, 0.717) is 0 Å². The lowest BCUT2D eigenvalue weighted by atomic mass is 10.5. The SMILES string of the molecule is Cl.O=C1C=CN=C1. The Morgan fingerprint density at radius 2 is 2.29 bits per heavy atom. The molecule has 1 heterocycles. The quantitative estimate of drug-likeness (QED) is 0.456. The number of allylic oxidation sites excluding steroid dienone is 1.